The minimum atomic E-state index is 1.07. The van der Waals surface area contributed by atoms with Gasteiger partial charge in [0.05, 0.1) is 6.21 Å². The molecule has 0 N–H and O–H groups in total. The number of aryl methyl sites for hydroxylation is 1. The van der Waals surface area contributed by atoms with Crippen LogP contribution in [-0.4, -0.2) is 13.3 Å². The molecule has 0 fully saturated rings. The van der Waals surface area contributed by atoms with Crippen molar-refractivity contribution in [3.63, 3.8) is 0 Å². The molecule has 0 aliphatic carbocycles. The minimum Gasteiger partial charge on any atom is -0.399 e. The van der Waals surface area contributed by atoms with Crippen LogP contribution in [0.1, 0.15) is 11.1 Å². The van der Waals surface area contributed by atoms with Gasteiger partial charge in [-0.05, 0) is 30.2 Å². The molecule has 0 heterocycles. The summed E-state index contributed by atoms with van der Waals surface area (Å²) in [6.45, 7) is 2.03. The van der Waals surface area contributed by atoms with Gasteiger partial charge >= 0.3 is 0 Å². The van der Waals surface area contributed by atoms with Crippen molar-refractivity contribution >= 4 is 22.1 Å². The first-order valence-corrected chi connectivity index (χ1v) is 4.36. The first kappa shape index (κ1) is 9.26. The molecule has 12 heavy (non-hydrogen) atoms. The van der Waals surface area contributed by atoms with Gasteiger partial charge in [0, 0.05) is 4.47 Å². The second-order valence-corrected chi connectivity index (χ2v) is 3.33. The molecule has 0 saturated heterocycles. The molecule has 3 heteroatoms. The number of benzene rings is 1. The summed E-state index contributed by atoms with van der Waals surface area (Å²) in [7, 11) is 1.53. The Morgan fingerprint density at radius 1 is 1.50 bits per heavy atom. The second-order valence-electron chi connectivity index (χ2n) is 2.42. The Balaban J connectivity index is 2.94. The summed E-state index contributed by atoms with van der Waals surface area (Å²) in [5.41, 5.74) is 2.24. The van der Waals surface area contributed by atoms with Crippen molar-refractivity contribution in [3.8, 4) is 0 Å². The molecule has 0 aromatic heterocycles. The van der Waals surface area contributed by atoms with Crippen LogP contribution in [0, 0.1) is 6.92 Å². The van der Waals surface area contributed by atoms with E-state index in [2.05, 4.69) is 25.9 Å². The molecule has 1 rings (SSSR count). The molecule has 0 atom stereocenters. The molecule has 0 spiro atoms. The molecule has 0 aliphatic heterocycles. The summed E-state index contributed by atoms with van der Waals surface area (Å²) >= 11 is 3.39. The Kier molecular flexibility index (Phi) is 3.29. The zero-order chi connectivity index (χ0) is 8.97. The standard InChI is InChI=1S/C9H10BrNO/c1-7-5-9(10)4-3-8(7)6-11-12-2/h3-6H,1-2H3/b11-6+. The van der Waals surface area contributed by atoms with Crippen molar-refractivity contribution in [2.45, 2.75) is 6.92 Å². The first-order valence-electron chi connectivity index (χ1n) is 3.56. The smallest absolute Gasteiger partial charge is 0.106 e. The van der Waals surface area contributed by atoms with Crippen LogP contribution in [0.3, 0.4) is 0 Å². The number of hydrogen-bond acceptors (Lipinski definition) is 2. The van der Waals surface area contributed by atoms with Crippen molar-refractivity contribution in [1.29, 1.82) is 0 Å². The van der Waals surface area contributed by atoms with Crippen molar-refractivity contribution < 1.29 is 4.84 Å². The second kappa shape index (κ2) is 4.26. The lowest BCUT2D eigenvalue weighted by atomic mass is 10.1. The molecule has 2 nitrogen and oxygen atoms in total. The van der Waals surface area contributed by atoms with E-state index in [-0.39, 0.29) is 0 Å². The van der Waals surface area contributed by atoms with E-state index in [1.807, 2.05) is 25.1 Å². The zero-order valence-corrected chi connectivity index (χ0v) is 8.63. The highest BCUT2D eigenvalue weighted by Crippen LogP contribution is 2.14. The monoisotopic (exact) mass is 227 g/mol. The normalized spacial score (nSPS) is 10.6. The van der Waals surface area contributed by atoms with Crippen LogP contribution in [0.5, 0.6) is 0 Å². The third kappa shape index (κ3) is 2.34. The van der Waals surface area contributed by atoms with E-state index in [1.165, 1.54) is 12.7 Å². The molecule has 0 saturated carbocycles. The van der Waals surface area contributed by atoms with Crippen LogP contribution in [0.2, 0.25) is 0 Å². The van der Waals surface area contributed by atoms with Gasteiger partial charge in [0.1, 0.15) is 7.11 Å². The fourth-order valence-electron chi connectivity index (χ4n) is 0.893. The molecule has 0 unspecified atom stereocenters. The van der Waals surface area contributed by atoms with Gasteiger partial charge in [-0.15, -0.1) is 0 Å². The van der Waals surface area contributed by atoms with Gasteiger partial charge in [-0.2, -0.15) is 0 Å². The van der Waals surface area contributed by atoms with E-state index < -0.39 is 0 Å². The Labute approximate surface area is 80.4 Å². The average Bonchev–Trinajstić information content (AvgIpc) is 2.03. The minimum absolute atomic E-state index is 1.07. The third-order valence-electron chi connectivity index (χ3n) is 1.53. The Hall–Kier alpha value is -0.830. The summed E-state index contributed by atoms with van der Waals surface area (Å²) in [4.78, 5) is 4.59. The van der Waals surface area contributed by atoms with Crippen molar-refractivity contribution in [2.24, 2.45) is 5.16 Å². The zero-order valence-electron chi connectivity index (χ0n) is 7.04. The number of halogens is 1. The van der Waals surface area contributed by atoms with E-state index in [0.29, 0.717) is 0 Å². The maximum atomic E-state index is 4.59. The van der Waals surface area contributed by atoms with Crippen molar-refractivity contribution in [2.75, 3.05) is 7.11 Å². The third-order valence-corrected chi connectivity index (χ3v) is 2.02. The molecule has 0 amide bonds. The van der Waals surface area contributed by atoms with Crippen LogP contribution in [-0.2, 0) is 4.84 Å². The predicted molar refractivity (Wildman–Crippen MR) is 53.5 cm³/mol. The SMILES string of the molecule is CO/N=C/c1ccc(Br)cc1C. The lowest BCUT2D eigenvalue weighted by molar-refractivity contribution is 0.215. The fourth-order valence-corrected chi connectivity index (χ4v) is 1.37. The maximum Gasteiger partial charge on any atom is 0.106 e. The highest BCUT2D eigenvalue weighted by atomic mass is 79.9. The average molecular weight is 228 g/mol. The van der Waals surface area contributed by atoms with Gasteiger partial charge in [0.2, 0.25) is 0 Å². The van der Waals surface area contributed by atoms with Gasteiger partial charge in [-0.3, -0.25) is 0 Å². The topological polar surface area (TPSA) is 21.6 Å². The molecular weight excluding hydrogens is 218 g/mol. The molecule has 1 aromatic carbocycles. The summed E-state index contributed by atoms with van der Waals surface area (Å²) < 4.78 is 1.08. The molecule has 1 aromatic rings. The summed E-state index contributed by atoms with van der Waals surface area (Å²) in [5, 5.41) is 3.69. The predicted octanol–water partition coefficient (Wildman–Crippen LogP) is 2.74. The van der Waals surface area contributed by atoms with Gasteiger partial charge in [-0.1, -0.05) is 27.2 Å². The van der Waals surface area contributed by atoms with E-state index in [4.69, 9.17) is 0 Å². The number of nitrogens with zero attached hydrogens (tertiary/aromatic N) is 1. The molecular formula is C9H10BrNO. The molecule has 64 valence electrons. The number of hydrogen-bond donors (Lipinski definition) is 0. The van der Waals surface area contributed by atoms with Crippen molar-refractivity contribution in [3.05, 3.63) is 33.8 Å². The largest absolute Gasteiger partial charge is 0.399 e. The molecule has 0 radical (unpaired) electrons. The van der Waals surface area contributed by atoms with Gasteiger partial charge in [-0.25, -0.2) is 0 Å². The Bertz CT molecular complexity index is 297. The van der Waals surface area contributed by atoms with E-state index in [0.717, 1.165) is 10.0 Å². The van der Waals surface area contributed by atoms with E-state index in [9.17, 15) is 0 Å². The highest BCUT2D eigenvalue weighted by molar-refractivity contribution is 9.10. The van der Waals surface area contributed by atoms with Crippen LogP contribution in [0.15, 0.2) is 27.8 Å². The Morgan fingerprint density at radius 2 is 2.25 bits per heavy atom. The summed E-state index contributed by atoms with van der Waals surface area (Å²) in [6.07, 6.45) is 1.70. The quantitative estimate of drug-likeness (QED) is 0.563. The van der Waals surface area contributed by atoms with Gasteiger partial charge < -0.3 is 4.84 Å². The molecule has 0 aliphatic rings. The number of oxime groups is 1. The fraction of sp³-hybridized carbons (Fsp3) is 0.222. The van der Waals surface area contributed by atoms with Crippen LogP contribution >= 0.6 is 15.9 Å². The number of rotatable bonds is 2. The van der Waals surface area contributed by atoms with E-state index in [1.54, 1.807) is 6.21 Å². The van der Waals surface area contributed by atoms with Crippen LogP contribution in [0.25, 0.3) is 0 Å². The van der Waals surface area contributed by atoms with Crippen LogP contribution < -0.4 is 0 Å². The summed E-state index contributed by atoms with van der Waals surface area (Å²) in [5.74, 6) is 0. The van der Waals surface area contributed by atoms with Gasteiger partial charge in [0.15, 0.2) is 0 Å². The first-order chi connectivity index (χ1) is 5.74. The lowest BCUT2D eigenvalue weighted by Gasteiger charge is -1.98. The Morgan fingerprint density at radius 3 is 2.83 bits per heavy atom. The lowest BCUT2D eigenvalue weighted by Crippen LogP contribution is -1.86. The van der Waals surface area contributed by atoms with Crippen molar-refractivity contribution in [1.82, 2.24) is 0 Å². The van der Waals surface area contributed by atoms with E-state index >= 15 is 0 Å². The van der Waals surface area contributed by atoms with Crippen LogP contribution in [0.4, 0.5) is 0 Å². The summed E-state index contributed by atoms with van der Waals surface area (Å²) in [6, 6.07) is 6.00. The van der Waals surface area contributed by atoms with Gasteiger partial charge in [0.25, 0.3) is 0 Å². The highest BCUT2D eigenvalue weighted by Gasteiger charge is 1.94. The maximum absolute atomic E-state index is 4.59. The molecule has 0 bridgehead atoms.